The van der Waals surface area contributed by atoms with Crippen LogP contribution >= 0.6 is 0 Å². The first-order chi connectivity index (χ1) is 11.0. The molecule has 3 rings (SSSR count). The molecule has 0 saturated heterocycles. The number of aliphatic hydroxyl groups excluding tert-OH is 2. The fourth-order valence-electron chi connectivity index (χ4n) is 3.03. The molecule has 0 unspecified atom stereocenters. The van der Waals surface area contributed by atoms with Gasteiger partial charge in [-0.1, -0.05) is 18.2 Å². The Balaban J connectivity index is 1.80. The molecule has 1 fully saturated rings. The fourth-order valence-corrected chi connectivity index (χ4v) is 3.03. The van der Waals surface area contributed by atoms with Gasteiger partial charge in [0.05, 0.1) is 23.7 Å². The highest BCUT2D eigenvalue weighted by molar-refractivity contribution is 5.81. The summed E-state index contributed by atoms with van der Waals surface area (Å²) < 4.78 is 1.12. The Labute approximate surface area is 132 Å². The van der Waals surface area contributed by atoms with Gasteiger partial charge in [-0.15, -0.1) is 0 Å². The van der Waals surface area contributed by atoms with Gasteiger partial charge in [-0.2, -0.15) is 5.10 Å². The zero-order valence-corrected chi connectivity index (χ0v) is 12.8. The van der Waals surface area contributed by atoms with E-state index in [1.165, 1.54) is 4.90 Å². The van der Waals surface area contributed by atoms with Crippen molar-refractivity contribution in [2.45, 2.75) is 37.6 Å². The minimum Gasteiger partial charge on any atom is -0.390 e. The SMILES string of the molecule is CN(C(=O)Cn1ncc2ccccc2c1=O)[C@@H]1CC[C@@H](O)[C@@H]1O. The predicted octanol–water partition coefficient (Wildman–Crippen LogP) is -0.261. The van der Waals surface area contributed by atoms with Crippen LogP contribution in [0.15, 0.2) is 35.3 Å². The molecule has 1 aromatic carbocycles. The summed E-state index contributed by atoms with van der Waals surface area (Å²) in [5.74, 6) is -0.326. The molecule has 0 radical (unpaired) electrons. The Morgan fingerprint density at radius 3 is 2.78 bits per heavy atom. The summed E-state index contributed by atoms with van der Waals surface area (Å²) in [5, 5.41) is 24.8. The van der Waals surface area contributed by atoms with Crippen LogP contribution < -0.4 is 5.56 Å². The molecule has 23 heavy (non-hydrogen) atoms. The lowest BCUT2D eigenvalue weighted by atomic mass is 10.1. The average Bonchev–Trinajstić information content (AvgIpc) is 2.89. The topological polar surface area (TPSA) is 95.7 Å². The standard InChI is InChI=1S/C16H19N3O4/c1-18(12-6-7-13(20)15(12)22)14(21)9-19-16(23)11-5-3-2-4-10(11)8-17-19/h2-5,8,12-13,15,20,22H,6-7,9H2,1H3/t12-,13-,15-/m1/s1. The summed E-state index contributed by atoms with van der Waals surface area (Å²) in [5.41, 5.74) is -0.322. The van der Waals surface area contributed by atoms with Gasteiger partial charge in [0.15, 0.2) is 0 Å². The number of rotatable bonds is 3. The highest BCUT2D eigenvalue weighted by atomic mass is 16.3. The van der Waals surface area contributed by atoms with Crippen LogP contribution in [0.25, 0.3) is 10.8 Å². The van der Waals surface area contributed by atoms with Crippen LogP contribution in [0, 0.1) is 0 Å². The van der Waals surface area contributed by atoms with Gasteiger partial charge in [0, 0.05) is 12.4 Å². The number of aliphatic hydroxyl groups is 2. The molecule has 0 bridgehead atoms. The molecule has 0 aliphatic heterocycles. The van der Waals surface area contributed by atoms with Gasteiger partial charge in [0.25, 0.3) is 5.56 Å². The molecule has 1 saturated carbocycles. The highest BCUT2D eigenvalue weighted by Gasteiger charge is 2.37. The summed E-state index contributed by atoms with van der Waals surface area (Å²) in [6, 6.07) is 6.63. The van der Waals surface area contributed by atoms with Crippen molar-refractivity contribution in [1.29, 1.82) is 0 Å². The van der Waals surface area contributed by atoms with Crippen molar-refractivity contribution in [3.05, 3.63) is 40.8 Å². The van der Waals surface area contributed by atoms with Gasteiger partial charge >= 0.3 is 0 Å². The lowest BCUT2D eigenvalue weighted by Gasteiger charge is -2.27. The first kappa shape index (κ1) is 15.6. The molecule has 1 heterocycles. The van der Waals surface area contributed by atoms with Gasteiger partial charge in [0.2, 0.25) is 5.91 Å². The Bertz CT molecular complexity index is 788. The molecule has 2 aromatic rings. The molecule has 1 amide bonds. The lowest BCUT2D eigenvalue weighted by molar-refractivity contribution is -0.135. The van der Waals surface area contributed by atoms with Crippen LogP contribution in [-0.2, 0) is 11.3 Å². The maximum Gasteiger partial charge on any atom is 0.275 e. The number of fused-ring (bicyclic) bond motifs is 1. The van der Waals surface area contributed by atoms with Crippen molar-refractivity contribution in [1.82, 2.24) is 14.7 Å². The second-order valence-electron chi connectivity index (χ2n) is 5.90. The van der Waals surface area contributed by atoms with E-state index in [-0.39, 0.29) is 18.0 Å². The smallest absolute Gasteiger partial charge is 0.275 e. The molecule has 2 N–H and O–H groups in total. The highest BCUT2D eigenvalue weighted by Crippen LogP contribution is 2.24. The number of hydrogen-bond acceptors (Lipinski definition) is 5. The van der Waals surface area contributed by atoms with Crippen molar-refractivity contribution in [3.63, 3.8) is 0 Å². The third-order valence-electron chi connectivity index (χ3n) is 4.48. The quantitative estimate of drug-likeness (QED) is 0.813. The molecule has 7 nitrogen and oxygen atoms in total. The molecule has 1 aliphatic rings. The summed E-state index contributed by atoms with van der Waals surface area (Å²) in [6.45, 7) is -0.195. The van der Waals surface area contributed by atoms with Crippen LogP contribution in [-0.4, -0.2) is 56.1 Å². The number of hydrogen-bond donors (Lipinski definition) is 2. The Morgan fingerprint density at radius 2 is 2.09 bits per heavy atom. The molecule has 122 valence electrons. The summed E-state index contributed by atoms with van der Waals surface area (Å²) in [6.07, 6.45) is 0.780. The predicted molar refractivity (Wildman–Crippen MR) is 83.8 cm³/mol. The van der Waals surface area contributed by atoms with Gasteiger partial charge in [-0.05, 0) is 18.9 Å². The van der Waals surface area contributed by atoms with Crippen molar-refractivity contribution in [2.24, 2.45) is 0 Å². The third-order valence-corrected chi connectivity index (χ3v) is 4.48. The van der Waals surface area contributed by atoms with E-state index in [1.807, 2.05) is 6.07 Å². The van der Waals surface area contributed by atoms with E-state index in [4.69, 9.17) is 0 Å². The summed E-state index contributed by atoms with van der Waals surface area (Å²) in [7, 11) is 1.57. The maximum absolute atomic E-state index is 12.4. The second kappa shape index (κ2) is 6.10. The number of likely N-dealkylation sites (N-methyl/N-ethyl adjacent to an activating group) is 1. The largest absolute Gasteiger partial charge is 0.390 e. The van der Waals surface area contributed by atoms with E-state index < -0.39 is 18.2 Å². The zero-order valence-electron chi connectivity index (χ0n) is 12.8. The van der Waals surface area contributed by atoms with Gasteiger partial charge in [0.1, 0.15) is 12.6 Å². The van der Waals surface area contributed by atoms with Gasteiger partial charge in [-0.25, -0.2) is 4.68 Å². The second-order valence-corrected chi connectivity index (χ2v) is 5.90. The fraction of sp³-hybridized carbons (Fsp3) is 0.438. The monoisotopic (exact) mass is 317 g/mol. The van der Waals surface area contributed by atoms with Crippen LogP contribution in [0.3, 0.4) is 0 Å². The van der Waals surface area contributed by atoms with Crippen LogP contribution in [0.4, 0.5) is 0 Å². The van der Waals surface area contributed by atoms with E-state index in [2.05, 4.69) is 5.10 Å². The molecule has 1 aromatic heterocycles. The number of benzene rings is 1. The number of amides is 1. The van der Waals surface area contributed by atoms with E-state index in [0.29, 0.717) is 18.2 Å². The van der Waals surface area contributed by atoms with Crippen molar-refractivity contribution in [2.75, 3.05) is 7.05 Å². The molecule has 1 aliphatic carbocycles. The first-order valence-corrected chi connectivity index (χ1v) is 7.55. The number of nitrogens with zero attached hydrogens (tertiary/aromatic N) is 3. The van der Waals surface area contributed by atoms with Crippen molar-refractivity contribution >= 4 is 16.7 Å². The van der Waals surface area contributed by atoms with Crippen molar-refractivity contribution < 1.29 is 15.0 Å². The zero-order chi connectivity index (χ0) is 16.6. The van der Waals surface area contributed by atoms with E-state index in [0.717, 1.165) is 10.1 Å². The normalized spacial score (nSPS) is 24.0. The first-order valence-electron chi connectivity index (χ1n) is 7.55. The van der Waals surface area contributed by atoms with Crippen LogP contribution in [0.1, 0.15) is 12.8 Å². The Morgan fingerprint density at radius 1 is 1.35 bits per heavy atom. The average molecular weight is 317 g/mol. The third kappa shape index (κ3) is 2.85. The number of carbonyl (C=O) groups is 1. The molecule has 7 heteroatoms. The maximum atomic E-state index is 12.4. The minimum absolute atomic E-state index is 0.195. The minimum atomic E-state index is -0.953. The summed E-state index contributed by atoms with van der Waals surface area (Å²) in [4.78, 5) is 26.1. The van der Waals surface area contributed by atoms with Gasteiger partial charge < -0.3 is 15.1 Å². The van der Waals surface area contributed by atoms with E-state index >= 15 is 0 Å². The van der Waals surface area contributed by atoms with E-state index in [9.17, 15) is 19.8 Å². The summed E-state index contributed by atoms with van der Waals surface area (Å²) >= 11 is 0. The lowest BCUT2D eigenvalue weighted by Crippen LogP contribution is -2.46. The van der Waals surface area contributed by atoms with Crippen molar-refractivity contribution in [3.8, 4) is 0 Å². The Kier molecular flexibility index (Phi) is 4.14. The molecule has 3 atom stereocenters. The Hall–Kier alpha value is -2.25. The number of aromatic nitrogens is 2. The number of carbonyl (C=O) groups excluding carboxylic acids is 1. The molecular weight excluding hydrogens is 298 g/mol. The van der Waals surface area contributed by atoms with Gasteiger partial charge in [-0.3, -0.25) is 9.59 Å². The van der Waals surface area contributed by atoms with E-state index in [1.54, 1.807) is 31.4 Å². The molecular formula is C16H19N3O4. The van der Waals surface area contributed by atoms with Crippen LogP contribution in [0.5, 0.6) is 0 Å². The molecule has 0 spiro atoms. The van der Waals surface area contributed by atoms with Crippen LogP contribution in [0.2, 0.25) is 0 Å².